The molecular weight excluding hydrogens is 1190 g/mol. The summed E-state index contributed by atoms with van der Waals surface area (Å²) in [5.41, 5.74) is 16.4. The average Bonchev–Trinajstić information content (AvgIpc) is 1.82. The van der Waals surface area contributed by atoms with Crippen molar-refractivity contribution < 1.29 is 37.5 Å². The number of aliphatic imine (C=N–C) groups is 1. The van der Waals surface area contributed by atoms with Gasteiger partial charge in [-0.25, -0.2) is 8.78 Å². The number of likely N-dealkylation sites (tertiary alicyclic amines) is 2. The van der Waals surface area contributed by atoms with Crippen LogP contribution in [0.5, 0.6) is 0 Å². The number of amides is 6. The maximum Gasteiger partial charge on any atom is 0.246 e. The summed E-state index contributed by atoms with van der Waals surface area (Å²) in [6, 6.07) is -2.09. The Kier molecular flexibility index (Phi) is 42.3. The number of nitrogens with one attached hydrogen (secondary N) is 4. The fraction of sp³-hybridized carbons (Fsp3) is 0.817. The number of hydrogen-bond acceptors (Lipinski definition) is 10. The van der Waals surface area contributed by atoms with Crippen LogP contribution in [0.2, 0.25) is 0 Å². The number of thioether (sulfide) groups is 2. The van der Waals surface area contributed by atoms with Gasteiger partial charge in [-0.05, 0) is 99.8 Å². The molecule has 4 rings (SSSR count). The van der Waals surface area contributed by atoms with Gasteiger partial charge < -0.3 is 48.3 Å². The highest BCUT2D eigenvalue weighted by Crippen LogP contribution is 2.34. The molecule has 2 saturated heterocycles. The predicted octanol–water partition coefficient (Wildman–Crippen LogP) is 13.0. The summed E-state index contributed by atoms with van der Waals surface area (Å²) in [6.45, 7) is 5.73. The molecule has 520 valence electrons. The topological polar surface area (TPSA) is 247 Å². The van der Waals surface area contributed by atoms with E-state index in [1.54, 1.807) is 16.7 Å². The normalized spacial score (nSPS) is 17.1. The Morgan fingerprint density at radius 3 is 1.45 bits per heavy atom. The minimum Gasteiger partial charge on any atom is -0.370 e. The first-order chi connectivity index (χ1) is 44.2. The van der Waals surface area contributed by atoms with Gasteiger partial charge in [0.15, 0.2) is 5.96 Å². The van der Waals surface area contributed by atoms with Crippen LogP contribution in [0.25, 0.3) is 0 Å². The minimum absolute atomic E-state index is 0.104. The summed E-state index contributed by atoms with van der Waals surface area (Å²) in [4.78, 5) is 92.6. The third-order valence-corrected chi connectivity index (χ3v) is 20.9. The van der Waals surface area contributed by atoms with E-state index in [2.05, 4.69) is 40.1 Å². The fourth-order valence-electron chi connectivity index (χ4n) is 13.0. The summed E-state index contributed by atoms with van der Waals surface area (Å²) in [6.07, 6.45) is 45.2. The quantitative estimate of drug-likeness (QED) is 0.0184. The van der Waals surface area contributed by atoms with Gasteiger partial charge >= 0.3 is 0 Å². The van der Waals surface area contributed by atoms with Crippen molar-refractivity contribution in [2.24, 2.45) is 22.2 Å². The summed E-state index contributed by atoms with van der Waals surface area (Å²) in [5.74, 6) is -1.76. The second-order valence-corrected chi connectivity index (χ2v) is 28.9. The van der Waals surface area contributed by atoms with E-state index in [0.717, 1.165) is 54.7 Å². The van der Waals surface area contributed by atoms with Gasteiger partial charge in [0, 0.05) is 50.2 Å². The maximum atomic E-state index is 14.6. The van der Waals surface area contributed by atoms with Crippen molar-refractivity contribution in [2.45, 2.75) is 319 Å². The van der Waals surface area contributed by atoms with E-state index in [0.29, 0.717) is 50.9 Å². The lowest BCUT2D eigenvalue weighted by Gasteiger charge is -2.43. The number of nitrogens with two attached hydrogens (primary N) is 3. The van der Waals surface area contributed by atoms with Gasteiger partial charge in [-0.15, -0.1) is 0 Å². The van der Waals surface area contributed by atoms with E-state index in [1.165, 1.54) is 191 Å². The van der Waals surface area contributed by atoms with Crippen LogP contribution in [-0.4, -0.2) is 136 Å². The molecule has 0 radical (unpaired) electrons. The summed E-state index contributed by atoms with van der Waals surface area (Å²) in [5, 5.41) is 11.8. The Labute approximate surface area is 556 Å². The molecule has 0 unspecified atom stereocenters. The Morgan fingerprint density at radius 2 is 1.00 bits per heavy atom. The molecule has 1 aromatic carbocycles. The van der Waals surface area contributed by atoms with Gasteiger partial charge in [-0.2, -0.15) is 23.5 Å². The van der Waals surface area contributed by atoms with E-state index >= 15 is 0 Å². The van der Waals surface area contributed by atoms with Gasteiger partial charge in [0.25, 0.3) is 0 Å². The Morgan fingerprint density at radius 1 is 0.560 bits per heavy atom. The van der Waals surface area contributed by atoms with E-state index in [9.17, 15) is 37.5 Å². The molecule has 1 aromatic rings. The smallest absolute Gasteiger partial charge is 0.246 e. The lowest BCUT2D eigenvalue weighted by molar-refractivity contribution is -0.146. The number of carbonyl (C=O) groups is 6. The predicted molar refractivity (Wildman–Crippen MR) is 373 cm³/mol. The van der Waals surface area contributed by atoms with E-state index in [1.807, 2.05) is 11.8 Å². The van der Waals surface area contributed by atoms with Crippen LogP contribution in [0, 0.1) is 11.6 Å². The van der Waals surface area contributed by atoms with Crippen molar-refractivity contribution in [3.8, 4) is 0 Å². The molecular formula is C71H124F2N10O6S2. The van der Waals surface area contributed by atoms with Crippen molar-refractivity contribution in [2.75, 3.05) is 49.2 Å². The zero-order valence-electron chi connectivity index (χ0n) is 56.6. The number of unbranched alkanes of at least 4 members (excludes halogenated alkanes) is 30. The van der Waals surface area contributed by atoms with Gasteiger partial charge in [-0.3, -0.25) is 33.8 Å². The van der Waals surface area contributed by atoms with Crippen LogP contribution >= 0.6 is 23.5 Å². The molecule has 1 aliphatic carbocycles. The zero-order valence-corrected chi connectivity index (χ0v) is 58.2. The monoisotopic (exact) mass is 1310 g/mol. The van der Waals surface area contributed by atoms with Crippen LogP contribution in [-0.2, 0) is 35.2 Å². The molecule has 3 fully saturated rings. The number of carbonyl (C=O) groups excluding carboxylic acids is 6. The number of nitrogens with zero attached hydrogens (tertiary/aromatic N) is 3. The first-order valence-electron chi connectivity index (χ1n) is 36.4. The van der Waals surface area contributed by atoms with Crippen molar-refractivity contribution in [1.29, 1.82) is 0 Å². The fourth-order valence-corrected chi connectivity index (χ4v) is 14.9. The highest BCUT2D eigenvalue weighted by molar-refractivity contribution is 7.99. The molecule has 1 saturated carbocycles. The number of hydrogen-bond donors (Lipinski definition) is 7. The maximum absolute atomic E-state index is 14.6. The highest BCUT2D eigenvalue weighted by atomic mass is 32.2. The largest absolute Gasteiger partial charge is 0.370 e. The molecule has 20 heteroatoms. The number of rotatable bonds is 54. The summed E-state index contributed by atoms with van der Waals surface area (Å²) < 4.78 is 29.1. The molecule has 91 heavy (non-hydrogen) atoms. The molecule has 0 spiro atoms. The Balaban J connectivity index is 1.24. The highest BCUT2D eigenvalue weighted by Gasteiger charge is 2.49. The summed E-state index contributed by atoms with van der Waals surface area (Å²) in [7, 11) is 0. The standard InChI is InChI=1S/C71H124F2N10O6S2/c1-3-5-7-9-11-13-15-17-19-21-23-25-27-29-31-33-48-90-50-45-77-65(85)62-40-36-46-82(62)67(87)60(39-35-44-78-70(75)76)80-69(89)71(42-38-43-71)81-66(86)63-41-37-47-83(63)68(88)61(53-56-51-57(72)54-58(73)52-56)79-64(84)59(74)55-91-49-34-32-30-28-26-24-22-20-18-16-14-12-10-8-6-4-2/h51-52,54,59-63H,3-50,53,55,74H2,1-2H3,(H,77,85)(H,79,84)(H,80,89)(H,81,86)(H4,75,76,78)/t59-,60-,61-,62-,63-/m0/s1. The SMILES string of the molecule is CCCCCCCCCCCCCCCCCCSCCNC(=O)[C@@H]1CCCN1C(=O)[C@H](CCCN=C(N)N)NC(=O)C1(NC(=O)[C@@H]2CCCN2C(=O)[C@H](Cc2cc(F)cc(F)c2)NC(=O)[C@@H](N)CSCCCCCCCCCCCCCCCCCC)CCC1. The third-order valence-electron chi connectivity index (χ3n) is 18.7. The Hall–Kier alpha value is -4.17. The second kappa shape index (κ2) is 48.5. The number of halogens is 2. The van der Waals surface area contributed by atoms with E-state index in [4.69, 9.17) is 17.2 Å². The lowest BCUT2D eigenvalue weighted by Crippen LogP contribution is -2.67. The van der Waals surface area contributed by atoms with Crippen LogP contribution in [0.1, 0.15) is 283 Å². The Bertz CT molecular complexity index is 2220. The van der Waals surface area contributed by atoms with Gasteiger partial charge in [0.2, 0.25) is 35.4 Å². The average molecular weight is 1320 g/mol. The van der Waals surface area contributed by atoms with Crippen molar-refractivity contribution in [3.05, 3.63) is 35.4 Å². The molecule has 2 aliphatic heterocycles. The van der Waals surface area contributed by atoms with E-state index in [-0.39, 0.29) is 62.6 Å². The first-order valence-corrected chi connectivity index (χ1v) is 38.7. The molecule has 16 nitrogen and oxygen atoms in total. The second-order valence-electron chi connectivity index (χ2n) is 26.5. The van der Waals surface area contributed by atoms with E-state index < -0.39 is 76.9 Å². The van der Waals surface area contributed by atoms with Gasteiger partial charge in [0.05, 0.1) is 6.04 Å². The third kappa shape index (κ3) is 32.7. The van der Waals surface area contributed by atoms with Crippen LogP contribution in [0.3, 0.4) is 0 Å². The zero-order chi connectivity index (χ0) is 65.7. The minimum atomic E-state index is -1.39. The van der Waals surface area contributed by atoms with Crippen molar-refractivity contribution in [1.82, 2.24) is 31.1 Å². The van der Waals surface area contributed by atoms with Crippen LogP contribution < -0.4 is 38.5 Å². The molecule has 0 bridgehead atoms. The molecule has 2 heterocycles. The number of guanidine groups is 1. The lowest BCUT2D eigenvalue weighted by atomic mass is 9.75. The van der Waals surface area contributed by atoms with Crippen molar-refractivity contribution >= 4 is 64.9 Å². The van der Waals surface area contributed by atoms with Crippen LogP contribution in [0.15, 0.2) is 23.2 Å². The molecule has 6 amide bonds. The van der Waals surface area contributed by atoms with Gasteiger partial charge in [0.1, 0.15) is 41.3 Å². The van der Waals surface area contributed by atoms with Gasteiger partial charge in [-0.1, -0.05) is 206 Å². The molecule has 5 atom stereocenters. The number of benzene rings is 1. The summed E-state index contributed by atoms with van der Waals surface area (Å²) >= 11 is 3.40. The molecule has 0 aromatic heterocycles. The molecule has 3 aliphatic rings. The van der Waals surface area contributed by atoms with Crippen LogP contribution in [0.4, 0.5) is 8.78 Å². The first kappa shape index (κ1) is 79.3. The van der Waals surface area contributed by atoms with Crippen molar-refractivity contribution in [3.63, 3.8) is 0 Å². The molecule has 10 N–H and O–H groups in total.